The number of nitrogens with zero attached hydrogens (tertiary/aromatic N) is 4. The molecule has 0 spiro atoms. The minimum absolute atomic E-state index is 0.0229. The number of hydrogen-bond donors (Lipinski definition) is 0. The van der Waals surface area contributed by atoms with Crippen LogP contribution in [-0.4, -0.2) is 35.0 Å². The van der Waals surface area contributed by atoms with Crippen LogP contribution in [-0.2, 0) is 9.59 Å². The van der Waals surface area contributed by atoms with Crippen LogP contribution in [0.25, 0.3) is 0 Å². The monoisotopic (exact) mass is 414 g/mol. The minimum atomic E-state index is -0.465. The Kier molecular flexibility index (Phi) is 5.46. The molecule has 0 bridgehead atoms. The molecular formula is C19H19BrN4O2. The fourth-order valence-corrected chi connectivity index (χ4v) is 3.10. The number of para-hydroxylation sites is 1. The highest BCUT2D eigenvalue weighted by Crippen LogP contribution is 2.26. The molecule has 1 aliphatic heterocycles. The van der Waals surface area contributed by atoms with E-state index in [0.717, 1.165) is 10.2 Å². The van der Waals surface area contributed by atoms with Crippen molar-refractivity contribution in [1.82, 2.24) is 4.98 Å². The molecule has 1 aromatic heterocycles. The predicted molar refractivity (Wildman–Crippen MR) is 105 cm³/mol. The maximum atomic E-state index is 13.0. The SMILES string of the molecule is CCN(C(=O)C1=NN(c2ccccc2)C(C(C)=O)C1)c1ccc(Br)cn1. The first-order chi connectivity index (χ1) is 12.5. The molecule has 6 nitrogen and oxygen atoms in total. The van der Waals surface area contributed by atoms with Gasteiger partial charge in [0.2, 0.25) is 0 Å². The van der Waals surface area contributed by atoms with E-state index in [1.807, 2.05) is 43.3 Å². The number of Topliss-reactive ketones (excluding diaryl/α,β-unsaturated/α-hetero) is 1. The van der Waals surface area contributed by atoms with E-state index in [0.29, 0.717) is 18.1 Å². The van der Waals surface area contributed by atoms with E-state index in [1.54, 1.807) is 22.2 Å². The van der Waals surface area contributed by atoms with Crippen molar-refractivity contribution in [3.8, 4) is 0 Å². The summed E-state index contributed by atoms with van der Waals surface area (Å²) in [6.45, 7) is 3.87. The Hall–Kier alpha value is -2.54. The van der Waals surface area contributed by atoms with Crippen molar-refractivity contribution in [2.45, 2.75) is 26.3 Å². The lowest BCUT2D eigenvalue weighted by atomic mass is 10.1. The maximum Gasteiger partial charge on any atom is 0.275 e. The van der Waals surface area contributed by atoms with Crippen molar-refractivity contribution in [3.63, 3.8) is 0 Å². The van der Waals surface area contributed by atoms with Gasteiger partial charge in [0.1, 0.15) is 17.6 Å². The van der Waals surface area contributed by atoms with Crippen LogP contribution in [0.5, 0.6) is 0 Å². The summed E-state index contributed by atoms with van der Waals surface area (Å²) in [5.41, 5.74) is 1.15. The Labute approximate surface area is 160 Å². The first-order valence-electron chi connectivity index (χ1n) is 8.37. The summed E-state index contributed by atoms with van der Waals surface area (Å²) in [5.74, 6) is 0.304. The third-order valence-corrected chi connectivity index (χ3v) is 4.67. The molecular weight excluding hydrogens is 396 g/mol. The van der Waals surface area contributed by atoms with E-state index in [9.17, 15) is 9.59 Å². The number of pyridine rings is 1. The molecule has 2 heterocycles. The first-order valence-corrected chi connectivity index (χ1v) is 9.16. The molecule has 0 saturated heterocycles. The molecule has 0 radical (unpaired) electrons. The van der Waals surface area contributed by atoms with Crippen molar-refractivity contribution in [1.29, 1.82) is 0 Å². The molecule has 1 aromatic carbocycles. The lowest BCUT2D eigenvalue weighted by molar-refractivity contribution is -0.118. The standard InChI is InChI=1S/C19H19BrN4O2/c1-3-23(18-10-9-14(20)12-21-18)19(26)16-11-17(13(2)25)24(22-16)15-7-5-4-6-8-15/h4-10,12,17H,3,11H2,1-2H3. The quantitative estimate of drug-likeness (QED) is 0.751. The van der Waals surface area contributed by atoms with Gasteiger partial charge in [0.15, 0.2) is 5.78 Å². The van der Waals surface area contributed by atoms with E-state index in [4.69, 9.17) is 0 Å². The third-order valence-electron chi connectivity index (χ3n) is 4.20. The Morgan fingerprint density at radius 3 is 2.54 bits per heavy atom. The summed E-state index contributed by atoms with van der Waals surface area (Å²) >= 11 is 3.34. The molecule has 3 rings (SSSR count). The third kappa shape index (κ3) is 3.67. The number of halogens is 1. The van der Waals surface area contributed by atoms with Gasteiger partial charge in [0.25, 0.3) is 5.91 Å². The van der Waals surface area contributed by atoms with Crippen LogP contribution >= 0.6 is 15.9 Å². The molecule has 1 unspecified atom stereocenters. The molecule has 0 N–H and O–H groups in total. The van der Waals surface area contributed by atoms with Crippen molar-refractivity contribution < 1.29 is 9.59 Å². The largest absolute Gasteiger partial charge is 0.298 e. The van der Waals surface area contributed by atoms with Crippen LogP contribution in [0.4, 0.5) is 11.5 Å². The highest BCUT2D eigenvalue weighted by molar-refractivity contribution is 9.10. The van der Waals surface area contributed by atoms with Crippen LogP contribution < -0.4 is 9.91 Å². The number of carbonyl (C=O) groups excluding carboxylic acids is 2. The minimum Gasteiger partial charge on any atom is -0.298 e. The van der Waals surface area contributed by atoms with Crippen LogP contribution in [0.15, 0.2) is 58.2 Å². The fourth-order valence-electron chi connectivity index (χ4n) is 2.87. The number of aromatic nitrogens is 1. The normalized spacial score (nSPS) is 16.3. The van der Waals surface area contributed by atoms with Gasteiger partial charge < -0.3 is 0 Å². The number of rotatable bonds is 5. The fraction of sp³-hybridized carbons (Fsp3) is 0.263. The molecule has 26 heavy (non-hydrogen) atoms. The maximum absolute atomic E-state index is 13.0. The number of amides is 1. The van der Waals surface area contributed by atoms with Crippen molar-refractivity contribution in [2.75, 3.05) is 16.5 Å². The van der Waals surface area contributed by atoms with Crippen LogP contribution in [0.2, 0.25) is 0 Å². The lowest BCUT2D eigenvalue weighted by Crippen LogP contribution is -2.37. The Balaban J connectivity index is 1.90. The van der Waals surface area contributed by atoms with E-state index in [2.05, 4.69) is 26.0 Å². The number of hydrazone groups is 1. The van der Waals surface area contributed by atoms with Gasteiger partial charge in [-0.25, -0.2) is 4.98 Å². The zero-order valence-corrected chi connectivity index (χ0v) is 16.2. The number of anilines is 2. The second-order valence-electron chi connectivity index (χ2n) is 5.94. The molecule has 0 aliphatic carbocycles. The average Bonchev–Trinajstić information content (AvgIpc) is 3.10. The van der Waals surface area contributed by atoms with Gasteiger partial charge >= 0.3 is 0 Å². The van der Waals surface area contributed by atoms with E-state index in [-0.39, 0.29) is 18.1 Å². The van der Waals surface area contributed by atoms with Gasteiger partial charge in [0, 0.05) is 23.6 Å². The Morgan fingerprint density at radius 2 is 1.96 bits per heavy atom. The second-order valence-corrected chi connectivity index (χ2v) is 6.86. The van der Waals surface area contributed by atoms with Gasteiger partial charge in [-0.15, -0.1) is 0 Å². The molecule has 2 aromatic rings. The molecule has 0 fully saturated rings. The summed E-state index contributed by atoms with van der Waals surface area (Å²) < 4.78 is 0.842. The second kappa shape index (κ2) is 7.78. The number of hydrogen-bond acceptors (Lipinski definition) is 5. The van der Waals surface area contributed by atoms with Crippen LogP contribution in [0.1, 0.15) is 20.3 Å². The van der Waals surface area contributed by atoms with E-state index < -0.39 is 6.04 Å². The molecule has 0 saturated carbocycles. The molecule has 1 amide bonds. The summed E-state index contributed by atoms with van der Waals surface area (Å²) in [6.07, 6.45) is 1.94. The highest BCUT2D eigenvalue weighted by Gasteiger charge is 2.36. The molecule has 7 heteroatoms. The Bertz CT molecular complexity index is 836. The Morgan fingerprint density at radius 1 is 1.23 bits per heavy atom. The lowest BCUT2D eigenvalue weighted by Gasteiger charge is -2.20. The average molecular weight is 415 g/mol. The molecule has 1 atom stereocenters. The first kappa shape index (κ1) is 18.3. The summed E-state index contributed by atoms with van der Waals surface area (Å²) in [6, 6.07) is 12.6. The predicted octanol–water partition coefficient (Wildman–Crippen LogP) is 3.42. The van der Waals surface area contributed by atoms with Crippen molar-refractivity contribution in [2.24, 2.45) is 5.10 Å². The number of ketones is 1. The summed E-state index contributed by atoms with van der Waals surface area (Å²) in [7, 11) is 0. The van der Waals surface area contributed by atoms with Gasteiger partial charge in [-0.2, -0.15) is 5.10 Å². The zero-order chi connectivity index (χ0) is 18.7. The molecule has 1 aliphatic rings. The van der Waals surface area contributed by atoms with Crippen molar-refractivity contribution >= 4 is 44.8 Å². The van der Waals surface area contributed by atoms with Crippen LogP contribution in [0.3, 0.4) is 0 Å². The molecule has 134 valence electrons. The summed E-state index contributed by atoms with van der Waals surface area (Å²) in [4.78, 5) is 31.0. The number of carbonyl (C=O) groups is 2. The van der Waals surface area contributed by atoms with Crippen molar-refractivity contribution in [3.05, 3.63) is 53.1 Å². The number of benzene rings is 1. The van der Waals surface area contributed by atoms with Gasteiger partial charge in [0.05, 0.1) is 5.69 Å². The topological polar surface area (TPSA) is 65.9 Å². The van der Waals surface area contributed by atoms with E-state index in [1.165, 1.54) is 6.92 Å². The van der Waals surface area contributed by atoms with Gasteiger partial charge in [-0.3, -0.25) is 19.5 Å². The van der Waals surface area contributed by atoms with Gasteiger partial charge in [-0.1, -0.05) is 18.2 Å². The van der Waals surface area contributed by atoms with Crippen LogP contribution in [0, 0.1) is 0 Å². The smallest absolute Gasteiger partial charge is 0.275 e. The zero-order valence-electron chi connectivity index (χ0n) is 14.6. The van der Waals surface area contributed by atoms with E-state index >= 15 is 0 Å². The highest BCUT2D eigenvalue weighted by atomic mass is 79.9. The summed E-state index contributed by atoms with van der Waals surface area (Å²) in [5, 5.41) is 6.11. The van der Waals surface area contributed by atoms with Gasteiger partial charge in [-0.05, 0) is 54.0 Å².